The van der Waals surface area contributed by atoms with Crippen LogP contribution >= 0.6 is 11.7 Å². The van der Waals surface area contributed by atoms with Gasteiger partial charge in [0.25, 0.3) is 0 Å². The van der Waals surface area contributed by atoms with Crippen LogP contribution in [-0.4, -0.2) is 47.2 Å². The van der Waals surface area contributed by atoms with Crippen molar-refractivity contribution in [2.75, 3.05) is 27.9 Å². The number of hydrogen-bond donors (Lipinski definition) is 0. The van der Waals surface area contributed by atoms with Crippen LogP contribution in [0.15, 0.2) is 54.6 Å². The van der Waals surface area contributed by atoms with Crippen LogP contribution in [0.3, 0.4) is 0 Å². The molecule has 2 heterocycles. The van der Waals surface area contributed by atoms with E-state index in [-0.39, 0.29) is 6.61 Å². The molecule has 0 bridgehead atoms. The van der Waals surface area contributed by atoms with Gasteiger partial charge in [0.05, 0.1) is 45.2 Å². The second kappa shape index (κ2) is 9.87. The first-order chi connectivity index (χ1) is 17.6. The molecule has 0 atom stereocenters. The number of fused-ring (bicyclic) bond motifs is 2. The van der Waals surface area contributed by atoms with Gasteiger partial charge in [0.2, 0.25) is 0 Å². The number of methoxy groups -OCH3 is 3. The van der Waals surface area contributed by atoms with Crippen molar-refractivity contribution in [3.63, 3.8) is 0 Å². The van der Waals surface area contributed by atoms with Crippen molar-refractivity contribution in [3.8, 4) is 28.4 Å². The number of carbonyl (C=O) groups is 1. The molecule has 0 spiro atoms. The Labute approximate surface area is 212 Å². The summed E-state index contributed by atoms with van der Waals surface area (Å²) in [6.07, 6.45) is 0. The average Bonchev–Trinajstić information content (AvgIpc) is 3.50. The molecule has 0 amide bonds. The molecule has 5 aromatic rings. The Morgan fingerprint density at radius 3 is 2.31 bits per heavy atom. The first-order valence-corrected chi connectivity index (χ1v) is 12.1. The summed E-state index contributed by atoms with van der Waals surface area (Å²) in [5, 5.41) is 0.840. The van der Waals surface area contributed by atoms with Gasteiger partial charge in [0.15, 0.2) is 11.5 Å². The molecule has 0 N–H and O–H groups in total. The van der Waals surface area contributed by atoms with Crippen molar-refractivity contribution in [1.82, 2.24) is 13.3 Å². The van der Waals surface area contributed by atoms with E-state index >= 15 is 0 Å². The molecule has 5 rings (SSSR count). The van der Waals surface area contributed by atoms with Crippen LogP contribution in [-0.2, 0) is 11.3 Å². The molecule has 3 aromatic carbocycles. The molecule has 0 aliphatic rings. The minimum atomic E-state index is -0.411. The maximum Gasteiger partial charge on any atom is 0.355 e. The van der Waals surface area contributed by atoms with Gasteiger partial charge in [-0.2, -0.15) is 8.75 Å². The molecule has 184 valence electrons. The quantitative estimate of drug-likeness (QED) is 0.256. The van der Waals surface area contributed by atoms with Crippen LogP contribution in [0.1, 0.15) is 23.0 Å². The molecule has 0 saturated heterocycles. The highest BCUT2D eigenvalue weighted by atomic mass is 32.1. The van der Waals surface area contributed by atoms with E-state index in [2.05, 4.69) is 8.75 Å². The monoisotopic (exact) mass is 503 g/mol. The Bertz CT molecular complexity index is 1560. The van der Waals surface area contributed by atoms with Gasteiger partial charge in [-0.05, 0) is 48.4 Å². The Balaban J connectivity index is 1.82. The number of rotatable bonds is 8. The van der Waals surface area contributed by atoms with Crippen molar-refractivity contribution in [1.29, 1.82) is 0 Å². The van der Waals surface area contributed by atoms with Crippen molar-refractivity contribution in [2.24, 2.45) is 0 Å². The van der Waals surface area contributed by atoms with Gasteiger partial charge in [0.1, 0.15) is 22.5 Å². The number of hydrogen-bond acceptors (Lipinski definition) is 8. The van der Waals surface area contributed by atoms with E-state index in [0.29, 0.717) is 23.7 Å². The van der Waals surface area contributed by atoms with Crippen LogP contribution < -0.4 is 14.2 Å². The number of nitrogens with zero attached hydrogens (tertiary/aromatic N) is 3. The van der Waals surface area contributed by atoms with Crippen LogP contribution in [0.5, 0.6) is 17.2 Å². The Hall–Kier alpha value is -4.11. The zero-order chi connectivity index (χ0) is 25.2. The van der Waals surface area contributed by atoms with E-state index in [1.54, 1.807) is 28.3 Å². The summed E-state index contributed by atoms with van der Waals surface area (Å²) in [6, 6.07) is 17.4. The summed E-state index contributed by atoms with van der Waals surface area (Å²) in [5.74, 6) is 1.49. The van der Waals surface area contributed by atoms with E-state index in [1.165, 1.54) is 0 Å². The maximum atomic E-state index is 13.5. The molecule has 0 unspecified atom stereocenters. The van der Waals surface area contributed by atoms with E-state index in [1.807, 2.05) is 59.2 Å². The van der Waals surface area contributed by atoms with E-state index < -0.39 is 5.97 Å². The molecule has 36 heavy (non-hydrogen) atoms. The smallest absolute Gasteiger partial charge is 0.355 e. The van der Waals surface area contributed by atoms with E-state index in [9.17, 15) is 4.79 Å². The maximum absolute atomic E-state index is 13.5. The summed E-state index contributed by atoms with van der Waals surface area (Å²) in [7, 11) is 4.82. The fourth-order valence-corrected chi connectivity index (χ4v) is 4.91. The third kappa shape index (κ3) is 4.11. The minimum Gasteiger partial charge on any atom is -0.497 e. The zero-order valence-corrected chi connectivity index (χ0v) is 21.2. The van der Waals surface area contributed by atoms with Gasteiger partial charge in [-0.1, -0.05) is 18.2 Å². The molecule has 2 aromatic heterocycles. The Morgan fingerprint density at radius 1 is 0.889 bits per heavy atom. The van der Waals surface area contributed by atoms with Crippen molar-refractivity contribution < 1.29 is 23.7 Å². The first-order valence-electron chi connectivity index (χ1n) is 11.4. The van der Waals surface area contributed by atoms with Crippen LogP contribution in [0.25, 0.3) is 33.1 Å². The highest BCUT2D eigenvalue weighted by molar-refractivity contribution is 7.00. The highest BCUT2D eigenvalue weighted by Gasteiger charge is 2.27. The summed E-state index contributed by atoms with van der Waals surface area (Å²) in [4.78, 5) is 13.5. The Kier molecular flexibility index (Phi) is 6.47. The van der Waals surface area contributed by atoms with Crippen LogP contribution in [0.4, 0.5) is 0 Å². The lowest BCUT2D eigenvalue weighted by molar-refractivity contribution is 0.0516. The highest BCUT2D eigenvalue weighted by Crippen LogP contribution is 2.42. The number of esters is 1. The van der Waals surface area contributed by atoms with Gasteiger partial charge >= 0.3 is 5.97 Å². The number of ether oxygens (including phenoxy) is 4. The molecule has 0 saturated carbocycles. The van der Waals surface area contributed by atoms with Crippen LogP contribution in [0, 0.1) is 0 Å². The third-order valence-electron chi connectivity index (χ3n) is 6.08. The van der Waals surface area contributed by atoms with Crippen molar-refractivity contribution in [3.05, 3.63) is 65.9 Å². The van der Waals surface area contributed by atoms with Crippen LogP contribution in [0.2, 0.25) is 0 Å². The van der Waals surface area contributed by atoms with Crippen molar-refractivity contribution >= 4 is 39.6 Å². The zero-order valence-electron chi connectivity index (χ0n) is 20.4. The fourth-order valence-electron chi connectivity index (χ4n) is 4.39. The first kappa shape index (κ1) is 23.6. The summed E-state index contributed by atoms with van der Waals surface area (Å²) in [6.45, 7) is 2.49. The summed E-state index contributed by atoms with van der Waals surface area (Å²) < 4.78 is 32.8. The minimum absolute atomic E-state index is 0.254. The fraction of sp³-hybridized carbons (Fsp3) is 0.222. The van der Waals surface area contributed by atoms with Gasteiger partial charge < -0.3 is 23.5 Å². The largest absolute Gasteiger partial charge is 0.497 e. The molecule has 8 nitrogen and oxygen atoms in total. The topological polar surface area (TPSA) is 84.7 Å². The lowest BCUT2D eigenvalue weighted by atomic mass is 10.0. The molecule has 0 aliphatic carbocycles. The lowest BCUT2D eigenvalue weighted by Gasteiger charge is -2.13. The number of aromatic nitrogens is 3. The van der Waals surface area contributed by atoms with Gasteiger partial charge in [-0.3, -0.25) is 0 Å². The van der Waals surface area contributed by atoms with Crippen molar-refractivity contribution in [2.45, 2.75) is 13.5 Å². The Morgan fingerprint density at radius 2 is 1.61 bits per heavy atom. The summed E-state index contributed by atoms with van der Waals surface area (Å²) in [5.41, 5.74) is 5.42. The number of carbonyl (C=O) groups excluding carboxylic acids is 1. The molecule has 0 radical (unpaired) electrons. The lowest BCUT2D eigenvalue weighted by Crippen LogP contribution is -2.14. The predicted octanol–water partition coefficient (Wildman–Crippen LogP) is 5.56. The second-order valence-electron chi connectivity index (χ2n) is 8.07. The molecule has 0 aliphatic heterocycles. The normalized spacial score (nSPS) is 11.1. The van der Waals surface area contributed by atoms with E-state index in [0.717, 1.165) is 56.1 Å². The summed E-state index contributed by atoms with van der Waals surface area (Å²) >= 11 is 1.16. The van der Waals surface area contributed by atoms with Gasteiger partial charge in [-0.25, -0.2) is 4.79 Å². The molecular formula is C27H25N3O5S. The van der Waals surface area contributed by atoms with Gasteiger partial charge in [-0.15, -0.1) is 0 Å². The predicted molar refractivity (Wildman–Crippen MR) is 140 cm³/mol. The average molecular weight is 504 g/mol. The van der Waals surface area contributed by atoms with Gasteiger partial charge in [0, 0.05) is 23.6 Å². The SMILES string of the molecule is CCOC(=O)c1c(-c2ccc3nsnc3c2)c2cc(OC)c(OC)cc2n1Cc1ccc(OC)cc1. The third-order valence-corrected chi connectivity index (χ3v) is 6.64. The molecule has 0 fully saturated rings. The molecule has 9 heteroatoms. The molecular weight excluding hydrogens is 478 g/mol. The number of benzene rings is 3. The second-order valence-corrected chi connectivity index (χ2v) is 8.60. The van der Waals surface area contributed by atoms with E-state index in [4.69, 9.17) is 18.9 Å². The standard InChI is InChI=1S/C27H25N3O5S/c1-5-35-27(31)26-25(17-8-11-20-21(12-17)29-36-28-20)19-13-23(33-3)24(34-4)14-22(19)30(26)15-16-6-9-18(32-2)10-7-16/h6-14H,5,15H2,1-4H3.